The summed E-state index contributed by atoms with van der Waals surface area (Å²) in [6.45, 7) is 0. The Labute approximate surface area is 179 Å². The first-order chi connectivity index (χ1) is 14.5. The molecule has 4 nitrogen and oxygen atoms in total. The van der Waals surface area contributed by atoms with Crippen molar-refractivity contribution in [2.75, 3.05) is 0 Å². The molecule has 4 aromatic rings. The number of aromatic nitrogens is 2. The minimum absolute atomic E-state index is 0.303. The molecule has 150 valence electrons. The van der Waals surface area contributed by atoms with Crippen LogP contribution in [0.3, 0.4) is 0 Å². The molecule has 0 unspecified atom stereocenters. The van der Waals surface area contributed by atoms with Crippen molar-refractivity contribution in [3.63, 3.8) is 0 Å². The second kappa shape index (κ2) is 7.29. The molecular formula is C25H21ClN2O2. The average Bonchev–Trinajstić information content (AvgIpc) is 3.51. The summed E-state index contributed by atoms with van der Waals surface area (Å²) in [6.07, 6.45) is 6.58. The van der Waals surface area contributed by atoms with E-state index in [2.05, 4.69) is 27.8 Å². The summed E-state index contributed by atoms with van der Waals surface area (Å²) in [7, 11) is 2.02. The molecular weight excluding hydrogens is 396 g/mol. The lowest BCUT2D eigenvalue weighted by Gasteiger charge is -2.12. The second-order valence-corrected chi connectivity index (χ2v) is 8.47. The molecule has 1 N–H and O–H groups in total. The van der Waals surface area contributed by atoms with Gasteiger partial charge in [-0.25, -0.2) is 4.79 Å². The van der Waals surface area contributed by atoms with Gasteiger partial charge in [0.25, 0.3) is 0 Å². The molecule has 1 aliphatic rings. The fourth-order valence-corrected chi connectivity index (χ4v) is 4.34. The van der Waals surface area contributed by atoms with E-state index in [4.69, 9.17) is 11.6 Å². The van der Waals surface area contributed by atoms with Crippen LogP contribution in [0, 0.1) is 0 Å². The van der Waals surface area contributed by atoms with Crippen LogP contribution in [0.5, 0.6) is 0 Å². The molecule has 0 bridgehead atoms. The van der Waals surface area contributed by atoms with E-state index in [1.54, 1.807) is 6.07 Å². The Hall–Kier alpha value is -3.11. The van der Waals surface area contributed by atoms with Crippen LogP contribution in [0.2, 0.25) is 5.02 Å². The number of nitrogens with zero attached hydrogens (tertiary/aromatic N) is 2. The van der Waals surface area contributed by atoms with Crippen molar-refractivity contribution >= 4 is 28.5 Å². The van der Waals surface area contributed by atoms with Crippen molar-refractivity contribution in [1.82, 2.24) is 9.55 Å². The lowest BCUT2D eigenvalue weighted by Crippen LogP contribution is -2.07. The number of benzene rings is 2. The van der Waals surface area contributed by atoms with Crippen molar-refractivity contribution in [1.29, 1.82) is 0 Å². The van der Waals surface area contributed by atoms with E-state index in [0.29, 0.717) is 28.6 Å². The number of carboxylic acid groups (broad SMARTS) is 1. The van der Waals surface area contributed by atoms with Crippen molar-refractivity contribution in [2.45, 2.75) is 25.2 Å². The van der Waals surface area contributed by atoms with Gasteiger partial charge in [-0.3, -0.25) is 4.98 Å². The Morgan fingerprint density at radius 3 is 2.77 bits per heavy atom. The molecule has 0 spiro atoms. The van der Waals surface area contributed by atoms with Gasteiger partial charge >= 0.3 is 5.97 Å². The van der Waals surface area contributed by atoms with Gasteiger partial charge in [-0.05, 0) is 71.8 Å². The zero-order valence-corrected chi connectivity index (χ0v) is 17.4. The topological polar surface area (TPSA) is 55.1 Å². The van der Waals surface area contributed by atoms with Gasteiger partial charge < -0.3 is 9.67 Å². The molecule has 0 radical (unpaired) electrons. The Bertz CT molecular complexity index is 1290. The standard InChI is InChI=1S/C25H21ClN2O2/c1-28-8-7-18-9-15(10-21(24(18)28)17-3-2-4-20(26)12-17)11-23-22(25(29)30)13-19(14-27-23)16-5-6-16/h2-4,7-10,12-14,16H,5-6,11H2,1H3,(H,29,30). The molecule has 2 heterocycles. The first kappa shape index (κ1) is 18.9. The van der Waals surface area contributed by atoms with E-state index in [1.165, 1.54) is 0 Å². The van der Waals surface area contributed by atoms with E-state index >= 15 is 0 Å². The molecule has 0 atom stereocenters. The van der Waals surface area contributed by atoms with Crippen LogP contribution in [0.4, 0.5) is 0 Å². The van der Waals surface area contributed by atoms with Gasteiger partial charge in [0.1, 0.15) is 0 Å². The number of hydrogen-bond donors (Lipinski definition) is 1. The number of carbonyl (C=O) groups is 1. The number of carboxylic acids is 1. The minimum Gasteiger partial charge on any atom is -0.478 e. The third-order valence-electron chi connectivity index (χ3n) is 5.81. The van der Waals surface area contributed by atoms with Crippen molar-refractivity contribution in [3.05, 3.63) is 88.3 Å². The average molecular weight is 417 g/mol. The fourth-order valence-electron chi connectivity index (χ4n) is 4.15. The van der Waals surface area contributed by atoms with Crippen LogP contribution in [-0.4, -0.2) is 20.6 Å². The summed E-state index contributed by atoms with van der Waals surface area (Å²) in [5, 5.41) is 11.5. The highest BCUT2D eigenvalue weighted by atomic mass is 35.5. The molecule has 1 aliphatic carbocycles. The Kier molecular flexibility index (Phi) is 4.59. The quantitative estimate of drug-likeness (QED) is 0.430. The van der Waals surface area contributed by atoms with Crippen molar-refractivity contribution < 1.29 is 9.90 Å². The van der Waals surface area contributed by atoms with Crippen molar-refractivity contribution in [2.24, 2.45) is 7.05 Å². The molecule has 30 heavy (non-hydrogen) atoms. The molecule has 2 aromatic carbocycles. The Morgan fingerprint density at radius 2 is 2.03 bits per heavy atom. The lowest BCUT2D eigenvalue weighted by atomic mass is 9.96. The number of fused-ring (bicyclic) bond motifs is 1. The molecule has 1 fully saturated rings. The number of rotatable bonds is 5. The maximum atomic E-state index is 11.9. The third kappa shape index (κ3) is 3.48. The molecule has 0 saturated heterocycles. The molecule has 2 aromatic heterocycles. The van der Waals surface area contributed by atoms with Gasteiger partial charge in [0.05, 0.1) is 16.8 Å². The number of hydrogen-bond acceptors (Lipinski definition) is 2. The van der Waals surface area contributed by atoms with Crippen molar-refractivity contribution in [3.8, 4) is 11.1 Å². The fraction of sp³-hybridized carbons (Fsp3) is 0.200. The first-order valence-corrected chi connectivity index (χ1v) is 10.4. The molecule has 5 heteroatoms. The Morgan fingerprint density at radius 1 is 1.20 bits per heavy atom. The molecule has 0 amide bonds. The van der Waals surface area contributed by atoms with Crippen LogP contribution in [0.25, 0.3) is 22.0 Å². The predicted octanol–water partition coefficient (Wildman–Crippen LogP) is 6.06. The van der Waals surface area contributed by atoms with Gasteiger partial charge in [0, 0.05) is 41.8 Å². The summed E-state index contributed by atoms with van der Waals surface area (Å²) in [6, 6.07) is 15.9. The largest absolute Gasteiger partial charge is 0.478 e. The van der Waals surface area contributed by atoms with Gasteiger partial charge in [-0.15, -0.1) is 0 Å². The SMILES string of the molecule is Cn1ccc2cc(Cc3ncc(C4CC4)cc3C(=O)O)cc(-c3cccc(Cl)c3)c21. The smallest absolute Gasteiger partial charge is 0.337 e. The maximum Gasteiger partial charge on any atom is 0.337 e. The number of halogens is 1. The van der Waals surface area contributed by atoms with Gasteiger partial charge in [0.2, 0.25) is 0 Å². The number of aromatic carboxylic acids is 1. The molecule has 0 aliphatic heterocycles. The minimum atomic E-state index is -0.921. The lowest BCUT2D eigenvalue weighted by molar-refractivity contribution is 0.0695. The monoisotopic (exact) mass is 416 g/mol. The summed E-state index contributed by atoms with van der Waals surface area (Å²) in [4.78, 5) is 16.4. The van der Waals surface area contributed by atoms with Gasteiger partial charge in [-0.1, -0.05) is 23.7 Å². The molecule has 1 saturated carbocycles. The van der Waals surface area contributed by atoms with Gasteiger partial charge in [0.15, 0.2) is 0 Å². The summed E-state index contributed by atoms with van der Waals surface area (Å²) >= 11 is 6.25. The maximum absolute atomic E-state index is 11.9. The highest BCUT2D eigenvalue weighted by Crippen LogP contribution is 2.40. The van der Waals surface area contributed by atoms with E-state index in [0.717, 1.165) is 46.0 Å². The third-order valence-corrected chi connectivity index (χ3v) is 6.04. The number of aryl methyl sites for hydroxylation is 1. The Balaban J connectivity index is 1.61. The zero-order valence-electron chi connectivity index (χ0n) is 16.6. The van der Waals surface area contributed by atoms with Crippen LogP contribution in [0.1, 0.15) is 45.9 Å². The normalized spacial score (nSPS) is 13.7. The molecule has 5 rings (SSSR count). The summed E-state index contributed by atoms with van der Waals surface area (Å²) in [5.74, 6) is -0.449. The van der Waals surface area contributed by atoms with Crippen LogP contribution in [-0.2, 0) is 13.5 Å². The summed E-state index contributed by atoms with van der Waals surface area (Å²) in [5.41, 5.74) is 6.19. The highest BCUT2D eigenvalue weighted by molar-refractivity contribution is 6.30. The van der Waals surface area contributed by atoms with Crippen LogP contribution in [0.15, 0.2) is 60.9 Å². The van der Waals surface area contributed by atoms with E-state index in [9.17, 15) is 9.90 Å². The number of pyridine rings is 1. The predicted molar refractivity (Wildman–Crippen MR) is 119 cm³/mol. The van der Waals surface area contributed by atoms with E-state index < -0.39 is 5.97 Å². The van der Waals surface area contributed by atoms with Crippen LogP contribution >= 0.6 is 11.6 Å². The highest BCUT2D eigenvalue weighted by Gasteiger charge is 2.26. The first-order valence-electron chi connectivity index (χ1n) is 10.1. The summed E-state index contributed by atoms with van der Waals surface area (Å²) < 4.78 is 2.10. The van der Waals surface area contributed by atoms with Crippen LogP contribution < -0.4 is 0 Å². The zero-order chi connectivity index (χ0) is 20.8. The van der Waals surface area contributed by atoms with Gasteiger partial charge in [-0.2, -0.15) is 0 Å². The second-order valence-electron chi connectivity index (χ2n) is 8.04. The van der Waals surface area contributed by atoms with E-state index in [-0.39, 0.29) is 0 Å². The van der Waals surface area contributed by atoms with E-state index in [1.807, 2.05) is 43.7 Å².